The quantitative estimate of drug-likeness (QED) is 0.711. The van der Waals surface area contributed by atoms with Crippen LogP contribution in [-0.2, 0) is 0 Å². The van der Waals surface area contributed by atoms with Gasteiger partial charge in [-0.15, -0.1) is 0 Å². The number of carbonyl (C=O) groups excluding carboxylic acids is 1. The van der Waals surface area contributed by atoms with Crippen LogP contribution in [0, 0.1) is 0 Å². The second kappa shape index (κ2) is 6.68. The Kier molecular flexibility index (Phi) is 4.07. The maximum atomic E-state index is 12.5. The van der Waals surface area contributed by atoms with Crippen molar-refractivity contribution in [1.82, 2.24) is 29.4 Å². The lowest BCUT2D eigenvalue weighted by Gasteiger charge is -2.35. The van der Waals surface area contributed by atoms with Crippen LogP contribution in [0.2, 0.25) is 0 Å². The lowest BCUT2D eigenvalue weighted by molar-refractivity contribution is 0.0746. The van der Waals surface area contributed by atoms with Gasteiger partial charge in [-0.25, -0.2) is 15.0 Å². The number of aromatic nitrogens is 5. The molecule has 1 aliphatic rings. The summed E-state index contributed by atoms with van der Waals surface area (Å²) in [5.41, 5.74) is 0.625. The zero-order valence-corrected chi connectivity index (χ0v) is 13.6. The second-order valence-corrected chi connectivity index (χ2v) is 5.73. The van der Waals surface area contributed by atoms with Crippen LogP contribution in [0.4, 0.5) is 5.82 Å². The monoisotopic (exact) mass is 335 g/mol. The number of amides is 1. The zero-order valence-electron chi connectivity index (χ0n) is 13.6. The van der Waals surface area contributed by atoms with Gasteiger partial charge in [-0.05, 0) is 12.1 Å². The summed E-state index contributed by atoms with van der Waals surface area (Å²) < 4.78 is 1.84. The molecule has 0 radical (unpaired) electrons. The van der Waals surface area contributed by atoms with E-state index in [4.69, 9.17) is 0 Å². The lowest BCUT2D eigenvalue weighted by atomic mass is 10.2. The van der Waals surface area contributed by atoms with Crippen molar-refractivity contribution in [1.29, 1.82) is 0 Å². The number of carbonyl (C=O) groups is 1. The first-order valence-corrected chi connectivity index (χ1v) is 8.06. The van der Waals surface area contributed by atoms with Crippen molar-refractivity contribution in [2.45, 2.75) is 0 Å². The highest BCUT2D eigenvalue weighted by Gasteiger charge is 2.23. The molecule has 1 saturated heterocycles. The van der Waals surface area contributed by atoms with Crippen LogP contribution in [0.1, 0.15) is 10.4 Å². The van der Waals surface area contributed by atoms with E-state index < -0.39 is 0 Å². The molecule has 0 spiro atoms. The number of pyridine rings is 1. The summed E-state index contributed by atoms with van der Waals surface area (Å²) in [5, 5.41) is 0. The number of nitrogens with zero attached hydrogens (tertiary/aromatic N) is 7. The molecule has 0 aliphatic carbocycles. The van der Waals surface area contributed by atoms with Crippen molar-refractivity contribution in [3.05, 3.63) is 61.2 Å². The molecule has 0 bridgehead atoms. The predicted octanol–water partition coefficient (Wildman–Crippen LogP) is 1.02. The molecule has 0 atom stereocenters. The summed E-state index contributed by atoms with van der Waals surface area (Å²) in [6, 6.07) is 5.51. The highest BCUT2D eigenvalue weighted by Crippen LogP contribution is 2.16. The summed E-state index contributed by atoms with van der Waals surface area (Å²) in [5.74, 6) is 1.65. The van der Waals surface area contributed by atoms with Gasteiger partial charge >= 0.3 is 0 Å². The van der Waals surface area contributed by atoms with Gasteiger partial charge in [0, 0.05) is 57.0 Å². The van der Waals surface area contributed by atoms with Gasteiger partial charge in [-0.2, -0.15) is 0 Å². The van der Waals surface area contributed by atoms with E-state index in [0.717, 1.165) is 24.7 Å². The highest BCUT2D eigenvalue weighted by molar-refractivity contribution is 5.94. The zero-order chi connectivity index (χ0) is 17.1. The number of anilines is 1. The normalized spacial score (nSPS) is 14.6. The predicted molar refractivity (Wildman–Crippen MR) is 91.5 cm³/mol. The molecule has 4 heterocycles. The third kappa shape index (κ3) is 3.18. The van der Waals surface area contributed by atoms with Crippen LogP contribution in [0.3, 0.4) is 0 Å². The fourth-order valence-corrected chi connectivity index (χ4v) is 2.86. The van der Waals surface area contributed by atoms with Gasteiger partial charge in [0.15, 0.2) is 0 Å². The molecule has 126 valence electrons. The minimum Gasteiger partial charge on any atom is -0.353 e. The standard InChI is InChI=1S/C17H17N7O/c25-17(14-2-1-3-18-11-14)23-8-6-22(7-9-23)15-10-16(21-12-20-15)24-5-4-19-13-24/h1-5,10-13H,6-9H2. The number of hydrogen-bond acceptors (Lipinski definition) is 6. The largest absolute Gasteiger partial charge is 0.353 e. The summed E-state index contributed by atoms with van der Waals surface area (Å²) in [4.78, 5) is 33.2. The average Bonchev–Trinajstić information content (AvgIpc) is 3.23. The number of hydrogen-bond donors (Lipinski definition) is 0. The molecule has 1 fully saturated rings. The summed E-state index contributed by atoms with van der Waals surface area (Å²) in [6.45, 7) is 2.76. The van der Waals surface area contributed by atoms with Gasteiger partial charge in [0.1, 0.15) is 24.3 Å². The third-order valence-corrected chi connectivity index (χ3v) is 4.21. The Morgan fingerprint density at radius 3 is 2.56 bits per heavy atom. The molecule has 1 amide bonds. The number of rotatable bonds is 3. The SMILES string of the molecule is O=C(c1cccnc1)N1CCN(c2cc(-n3ccnc3)ncn2)CC1. The van der Waals surface area contributed by atoms with Gasteiger partial charge in [0.2, 0.25) is 0 Å². The van der Waals surface area contributed by atoms with Gasteiger partial charge in [0.25, 0.3) is 5.91 Å². The van der Waals surface area contributed by atoms with Gasteiger partial charge in [-0.3, -0.25) is 14.3 Å². The van der Waals surface area contributed by atoms with Crippen LogP contribution in [-0.4, -0.2) is 61.5 Å². The van der Waals surface area contributed by atoms with Gasteiger partial charge in [-0.1, -0.05) is 0 Å². The molecule has 3 aromatic heterocycles. The Hall–Kier alpha value is -3.29. The van der Waals surface area contributed by atoms with Crippen LogP contribution >= 0.6 is 0 Å². The molecule has 1 aliphatic heterocycles. The smallest absolute Gasteiger partial charge is 0.255 e. The fraction of sp³-hybridized carbons (Fsp3) is 0.235. The minimum absolute atomic E-state index is 0.0227. The Bertz CT molecular complexity index is 842. The Balaban J connectivity index is 1.44. The molecule has 8 nitrogen and oxygen atoms in total. The Labute approximate surface area is 144 Å². The molecule has 4 rings (SSSR count). The number of imidazole rings is 1. The van der Waals surface area contributed by atoms with Crippen molar-refractivity contribution in [2.24, 2.45) is 0 Å². The highest BCUT2D eigenvalue weighted by atomic mass is 16.2. The van der Waals surface area contributed by atoms with Crippen molar-refractivity contribution in [3.8, 4) is 5.82 Å². The maximum absolute atomic E-state index is 12.5. The minimum atomic E-state index is 0.0227. The van der Waals surface area contributed by atoms with Crippen molar-refractivity contribution in [2.75, 3.05) is 31.1 Å². The summed E-state index contributed by atoms with van der Waals surface area (Å²) in [7, 11) is 0. The van der Waals surface area contributed by atoms with Crippen LogP contribution in [0.25, 0.3) is 5.82 Å². The van der Waals surface area contributed by atoms with Crippen molar-refractivity contribution < 1.29 is 4.79 Å². The van der Waals surface area contributed by atoms with Crippen molar-refractivity contribution in [3.63, 3.8) is 0 Å². The summed E-state index contributed by atoms with van der Waals surface area (Å²) >= 11 is 0. The van der Waals surface area contributed by atoms with E-state index in [9.17, 15) is 4.79 Å². The molecule has 0 aromatic carbocycles. The van der Waals surface area contributed by atoms with E-state index in [0.29, 0.717) is 18.7 Å². The van der Waals surface area contributed by atoms with E-state index in [1.165, 1.54) is 0 Å². The maximum Gasteiger partial charge on any atom is 0.255 e. The van der Waals surface area contributed by atoms with Crippen molar-refractivity contribution >= 4 is 11.7 Å². The van der Waals surface area contributed by atoms with Crippen LogP contribution < -0.4 is 4.90 Å². The van der Waals surface area contributed by atoms with E-state index in [1.807, 2.05) is 21.7 Å². The van der Waals surface area contributed by atoms with E-state index in [2.05, 4.69) is 24.8 Å². The molecule has 0 unspecified atom stereocenters. The fourth-order valence-electron chi connectivity index (χ4n) is 2.86. The lowest BCUT2D eigenvalue weighted by Crippen LogP contribution is -2.49. The van der Waals surface area contributed by atoms with E-state index in [-0.39, 0.29) is 5.91 Å². The summed E-state index contributed by atoms with van der Waals surface area (Å²) in [6.07, 6.45) is 10.1. The molecule has 8 heteroatoms. The Morgan fingerprint density at radius 2 is 1.84 bits per heavy atom. The van der Waals surface area contributed by atoms with Gasteiger partial charge in [0.05, 0.1) is 5.56 Å². The molecule has 0 N–H and O–H groups in total. The van der Waals surface area contributed by atoms with Crippen LogP contribution in [0.5, 0.6) is 0 Å². The molecular weight excluding hydrogens is 318 g/mol. The average molecular weight is 335 g/mol. The topological polar surface area (TPSA) is 80.0 Å². The Morgan fingerprint density at radius 1 is 1.00 bits per heavy atom. The first kappa shape index (κ1) is 15.3. The molecule has 0 saturated carbocycles. The number of piperazine rings is 1. The molecular formula is C17H17N7O. The first-order chi connectivity index (χ1) is 12.3. The first-order valence-electron chi connectivity index (χ1n) is 8.06. The van der Waals surface area contributed by atoms with Gasteiger partial charge < -0.3 is 9.80 Å². The molecule has 25 heavy (non-hydrogen) atoms. The molecule has 3 aromatic rings. The van der Waals surface area contributed by atoms with E-state index in [1.54, 1.807) is 43.4 Å². The van der Waals surface area contributed by atoms with Crippen LogP contribution in [0.15, 0.2) is 55.6 Å². The van der Waals surface area contributed by atoms with E-state index >= 15 is 0 Å². The second-order valence-electron chi connectivity index (χ2n) is 5.73. The third-order valence-electron chi connectivity index (χ3n) is 4.21.